The Morgan fingerprint density at radius 1 is 0.824 bits per heavy atom. The smallest absolute Gasteiger partial charge is 0.151 e. The van der Waals surface area contributed by atoms with Gasteiger partial charge in [0.2, 0.25) is 0 Å². The van der Waals surface area contributed by atoms with Gasteiger partial charge in [-0.2, -0.15) is 0 Å². The van der Waals surface area contributed by atoms with Crippen molar-refractivity contribution in [2.45, 2.75) is 12.8 Å². The highest BCUT2D eigenvalue weighted by molar-refractivity contribution is 7.91. The Kier molecular flexibility index (Phi) is 7.26. The van der Waals surface area contributed by atoms with Crippen LogP contribution in [0, 0.1) is 0 Å². The zero-order valence-corrected chi connectivity index (χ0v) is 11.7. The van der Waals surface area contributed by atoms with E-state index < -0.39 is 20.6 Å². The SMILES string of the molecule is O=S1(=O)CCCNCC1.O=S1CCCNCC1. The highest BCUT2D eigenvalue weighted by Crippen LogP contribution is 1.95. The van der Waals surface area contributed by atoms with E-state index in [-0.39, 0.29) is 0 Å². The molecule has 2 aliphatic rings. The zero-order chi connectivity index (χ0) is 12.6. The van der Waals surface area contributed by atoms with Crippen molar-refractivity contribution in [1.82, 2.24) is 10.6 Å². The monoisotopic (exact) mass is 282 g/mol. The van der Waals surface area contributed by atoms with E-state index in [0.717, 1.165) is 44.0 Å². The number of hydrogen-bond donors (Lipinski definition) is 2. The van der Waals surface area contributed by atoms with Crippen LogP contribution in [0.4, 0.5) is 0 Å². The molecule has 102 valence electrons. The van der Waals surface area contributed by atoms with E-state index >= 15 is 0 Å². The summed E-state index contributed by atoms with van der Waals surface area (Å²) in [6, 6.07) is 0. The Hall–Kier alpha value is 0.0200. The standard InChI is InChI=1S/C5H11NO2S.C5H11NOS/c7-9(8)4-1-2-6-3-5-9;7-8-4-1-2-6-3-5-8/h6H,1-5H2;6H,1-5H2. The molecule has 2 saturated heterocycles. The van der Waals surface area contributed by atoms with Gasteiger partial charge in [0, 0.05) is 35.4 Å². The molecular formula is C10H22N2O3S2. The topological polar surface area (TPSA) is 75.3 Å². The lowest BCUT2D eigenvalue weighted by atomic mass is 10.5. The number of rotatable bonds is 0. The molecule has 1 unspecified atom stereocenters. The molecule has 0 aromatic rings. The number of sulfone groups is 1. The third-order valence-electron chi connectivity index (χ3n) is 2.63. The van der Waals surface area contributed by atoms with E-state index in [9.17, 15) is 12.6 Å². The molecule has 2 fully saturated rings. The van der Waals surface area contributed by atoms with Crippen LogP contribution in [0.25, 0.3) is 0 Å². The average molecular weight is 282 g/mol. The number of hydrogen-bond acceptors (Lipinski definition) is 5. The molecule has 0 spiro atoms. The van der Waals surface area contributed by atoms with Gasteiger partial charge in [-0.1, -0.05) is 0 Å². The maximum Gasteiger partial charge on any atom is 0.151 e. The summed E-state index contributed by atoms with van der Waals surface area (Å²) in [5, 5.41) is 6.21. The molecule has 0 bridgehead atoms. The molecule has 0 aliphatic carbocycles. The van der Waals surface area contributed by atoms with Crippen molar-refractivity contribution in [2.75, 3.05) is 49.2 Å². The maximum absolute atomic E-state index is 10.8. The Balaban J connectivity index is 0.000000171. The lowest BCUT2D eigenvalue weighted by molar-refractivity contribution is 0.597. The molecule has 0 aromatic carbocycles. The van der Waals surface area contributed by atoms with Crippen LogP contribution in [0.1, 0.15) is 12.8 Å². The molecule has 1 atom stereocenters. The van der Waals surface area contributed by atoms with Gasteiger partial charge in [0.25, 0.3) is 0 Å². The summed E-state index contributed by atoms with van der Waals surface area (Å²) in [6.45, 7) is 3.46. The van der Waals surface area contributed by atoms with Crippen molar-refractivity contribution >= 4 is 20.6 Å². The average Bonchev–Trinajstić information content (AvgIpc) is 2.61. The van der Waals surface area contributed by atoms with Gasteiger partial charge in [-0.25, -0.2) is 8.42 Å². The first-order valence-corrected chi connectivity index (χ1v) is 9.38. The van der Waals surface area contributed by atoms with Crippen LogP contribution in [-0.4, -0.2) is 61.8 Å². The molecule has 2 N–H and O–H groups in total. The van der Waals surface area contributed by atoms with Gasteiger partial charge < -0.3 is 10.6 Å². The van der Waals surface area contributed by atoms with Crippen molar-refractivity contribution in [1.29, 1.82) is 0 Å². The third kappa shape index (κ3) is 7.86. The minimum Gasteiger partial charge on any atom is -0.316 e. The third-order valence-corrected chi connectivity index (χ3v) is 5.77. The van der Waals surface area contributed by atoms with Gasteiger partial charge in [-0.15, -0.1) is 0 Å². The lowest BCUT2D eigenvalue weighted by Crippen LogP contribution is -2.18. The van der Waals surface area contributed by atoms with E-state index in [1.54, 1.807) is 0 Å². The first-order valence-electron chi connectivity index (χ1n) is 6.07. The zero-order valence-electron chi connectivity index (χ0n) is 10.1. The lowest BCUT2D eigenvalue weighted by Gasteiger charge is -1.93. The molecule has 2 rings (SSSR count). The van der Waals surface area contributed by atoms with Crippen LogP contribution >= 0.6 is 0 Å². The van der Waals surface area contributed by atoms with Crippen LogP contribution in [0.3, 0.4) is 0 Å². The molecule has 2 aliphatic heterocycles. The van der Waals surface area contributed by atoms with Gasteiger partial charge in [0.15, 0.2) is 9.84 Å². The Morgan fingerprint density at radius 3 is 2.35 bits per heavy atom. The highest BCUT2D eigenvalue weighted by Gasteiger charge is 2.12. The predicted octanol–water partition coefficient (Wildman–Crippen LogP) is -0.877. The predicted molar refractivity (Wildman–Crippen MR) is 71.5 cm³/mol. The van der Waals surface area contributed by atoms with Crippen LogP contribution in [0.5, 0.6) is 0 Å². The normalized spacial score (nSPS) is 29.3. The Labute approximate surface area is 106 Å². The summed E-state index contributed by atoms with van der Waals surface area (Å²) in [4.78, 5) is 0. The van der Waals surface area contributed by atoms with E-state index in [4.69, 9.17) is 0 Å². The first kappa shape index (κ1) is 15.1. The molecule has 0 saturated carbocycles. The molecular weight excluding hydrogens is 260 g/mol. The second kappa shape index (κ2) is 8.18. The van der Waals surface area contributed by atoms with Gasteiger partial charge in [0.05, 0.1) is 11.5 Å². The quantitative estimate of drug-likeness (QED) is 0.604. The first-order chi connectivity index (χ1) is 8.10. The summed E-state index contributed by atoms with van der Waals surface area (Å²) >= 11 is 0. The molecule has 0 aromatic heterocycles. The summed E-state index contributed by atoms with van der Waals surface area (Å²) in [5.74, 6) is 2.42. The fraction of sp³-hybridized carbons (Fsp3) is 1.00. The second-order valence-corrected chi connectivity index (χ2v) is 8.21. The summed E-state index contributed by atoms with van der Waals surface area (Å²) < 4.78 is 32.4. The van der Waals surface area contributed by atoms with Crippen LogP contribution in [0.15, 0.2) is 0 Å². The van der Waals surface area contributed by atoms with Crippen molar-refractivity contribution < 1.29 is 12.6 Å². The van der Waals surface area contributed by atoms with Crippen molar-refractivity contribution in [2.24, 2.45) is 0 Å². The molecule has 0 radical (unpaired) electrons. The molecule has 0 amide bonds. The van der Waals surface area contributed by atoms with E-state index in [2.05, 4.69) is 10.6 Å². The van der Waals surface area contributed by atoms with Gasteiger partial charge >= 0.3 is 0 Å². The largest absolute Gasteiger partial charge is 0.316 e. The molecule has 17 heavy (non-hydrogen) atoms. The van der Waals surface area contributed by atoms with Gasteiger partial charge in [-0.3, -0.25) is 4.21 Å². The maximum atomic E-state index is 10.8. The Morgan fingerprint density at radius 2 is 1.53 bits per heavy atom. The van der Waals surface area contributed by atoms with Crippen molar-refractivity contribution in [3.63, 3.8) is 0 Å². The van der Waals surface area contributed by atoms with E-state index in [0.29, 0.717) is 18.1 Å². The number of nitrogens with one attached hydrogen (secondary N) is 2. The van der Waals surface area contributed by atoms with Crippen LogP contribution in [-0.2, 0) is 20.6 Å². The fourth-order valence-electron chi connectivity index (χ4n) is 1.64. The Bertz CT molecular complexity index is 306. The molecule has 2 heterocycles. The van der Waals surface area contributed by atoms with Crippen molar-refractivity contribution in [3.8, 4) is 0 Å². The van der Waals surface area contributed by atoms with Gasteiger partial charge in [-0.05, 0) is 25.9 Å². The van der Waals surface area contributed by atoms with Crippen LogP contribution < -0.4 is 10.6 Å². The highest BCUT2D eigenvalue weighted by atomic mass is 32.2. The van der Waals surface area contributed by atoms with Crippen molar-refractivity contribution in [3.05, 3.63) is 0 Å². The van der Waals surface area contributed by atoms with E-state index in [1.165, 1.54) is 0 Å². The fourth-order valence-corrected chi connectivity index (χ4v) is 3.93. The molecule has 5 nitrogen and oxygen atoms in total. The van der Waals surface area contributed by atoms with Crippen LogP contribution in [0.2, 0.25) is 0 Å². The summed E-state index contributed by atoms with van der Waals surface area (Å²) in [6.07, 6.45) is 1.84. The summed E-state index contributed by atoms with van der Waals surface area (Å²) in [7, 11) is -3.20. The minimum absolute atomic E-state index is 0.312. The van der Waals surface area contributed by atoms with Gasteiger partial charge in [0.1, 0.15) is 0 Å². The second-order valence-electron chi connectivity index (χ2n) is 4.21. The minimum atomic E-state index is -2.68. The summed E-state index contributed by atoms with van der Waals surface area (Å²) in [5.41, 5.74) is 0. The molecule has 7 heteroatoms. The van der Waals surface area contributed by atoms with E-state index in [1.807, 2.05) is 0 Å².